The number of rotatable bonds is 11. The van der Waals surface area contributed by atoms with Crippen molar-refractivity contribution in [3.8, 4) is 0 Å². The molecule has 1 saturated heterocycles. The number of carboxylic acids is 2. The van der Waals surface area contributed by atoms with Gasteiger partial charge in [-0.25, -0.2) is 24.0 Å². The second-order valence-electron chi connectivity index (χ2n) is 8.23. The van der Waals surface area contributed by atoms with Gasteiger partial charge in [0.1, 0.15) is 12.7 Å². The van der Waals surface area contributed by atoms with Gasteiger partial charge in [-0.1, -0.05) is 46.2 Å². The van der Waals surface area contributed by atoms with E-state index in [9.17, 15) is 24.0 Å². The van der Waals surface area contributed by atoms with Crippen molar-refractivity contribution in [3.05, 3.63) is 60.8 Å². The maximum atomic E-state index is 11.2. The Hall–Kier alpha value is -3.99. The molecule has 0 bridgehead atoms. The number of allylic oxidation sites excluding steroid dienone is 1. The highest BCUT2D eigenvalue weighted by atomic mass is 16.6. The molecular weight excluding hydrogens is 500 g/mol. The van der Waals surface area contributed by atoms with Crippen LogP contribution in [-0.2, 0) is 42.9 Å². The lowest BCUT2D eigenvalue weighted by atomic mass is 10.2. The van der Waals surface area contributed by atoms with E-state index >= 15 is 0 Å². The minimum absolute atomic E-state index is 0.142. The fourth-order valence-electron chi connectivity index (χ4n) is 1.36. The van der Waals surface area contributed by atoms with Gasteiger partial charge >= 0.3 is 29.8 Å². The number of hydrogen-bond donors (Lipinski definition) is 2. The zero-order valence-corrected chi connectivity index (χ0v) is 23.0. The van der Waals surface area contributed by atoms with Gasteiger partial charge in [-0.3, -0.25) is 0 Å². The van der Waals surface area contributed by atoms with Crippen molar-refractivity contribution in [1.82, 2.24) is 0 Å². The summed E-state index contributed by atoms with van der Waals surface area (Å²) >= 11 is 0. The maximum Gasteiger partial charge on any atom is 0.333 e. The summed E-state index contributed by atoms with van der Waals surface area (Å²) in [7, 11) is 1.33. The number of esters is 3. The summed E-state index contributed by atoms with van der Waals surface area (Å²) in [6.07, 6.45) is 2.68. The van der Waals surface area contributed by atoms with Crippen LogP contribution in [0, 0.1) is 5.92 Å². The monoisotopic (exact) mass is 540 g/mol. The molecule has 1 fully saturated rings. The van der Waals surface area contributed by atoms with Gasteiger partial charge in [-0.15, -0.1) is 0 Å². The summed E-state index contributed by atoms with van der Waals surface area (Å²) in [5.41, 5.74) is 1.30. The summed E-state index contributed by atoms with van der Waals surface area (Å²) in [4.78, 5) is 51.8. The first kappa shape index (κ1) is 38.5. The molecule has 0 aromatic rings. The van der Waals surface area contributed by atoms with Gasteiger partial charge in [0.15, 0.2) is 0 Å². The normalized spacial score (nSPS) is 12.6. The molecule has 2 N–H and O–H groups in total. The van der Waals surface area contributed by atoms with Crippen LogP contribution in [0.4, 0.5) is 0 Å². The standard InChI is InChI=1S/C11H16O4.C7H10O3.C5H8O2.C4H6O2/c1-8(2)7-15-11(14)9(3)5-4-6-10(12)13;1-5(2)7(8)10-4-6-3-9-6;1-4(2)5(6)7-3;1-3(2)4(5)6/h4,6,8H,3,5,7H2,1-2H3,(H,12,13);6H,1,3-4H2,2H3;1H2,2-3H3;1H2,2H3,(H,5,6). The Morgan fingerprint density at radius 2 is 1.37 bits per heavy atom. The van der Waals surface area contributed by atoms with E-state index in [2.05, 4.69) is 31.1 Å². The Kier molecular flexibility index (Phi) is 22.5. The molecule has 11 heteroatoms. The Balaban J connectivity index is -0.000000460. The average Bonchev–Trinajstić information content (AvgIpc) is 3.65. The molecule has 0 amide bonds. The third-order valence-corrected chi connectivity index (χ3v) is 3.51. The van der Waals surface area contributed by atoms with Crippen LogP contribution in [0.25, 0.3) is 0 Å². The third-order valence-electron chi connectivity index (χ3n) is 3.51. The first-order valence-corrected chi connectivity index (χ1v) is 11.3. The Labute approximate surface area is 224 Å². The van der Waals surface area contributed by atoms with E-state index in [1.807, 2.05) is 13.8 Å². The molecule has 11 nitrogen and oxygen atoms in total. The van der Waals surface area contributed by atoms with Gasteiger partial charge in [-0.05, 0) is 33.1 Å². The first-order chi connectivity index (χ1) is 17.5. The first-order valence-electron chi connectivity index (χ1n) is 11.3. The number of carbonyl (C=O) groups is 5. The highest BCUT2D eigenvalue weighted by Gasteiger charge is 2.24. The molecule has 1 heterocycles. The van der Waals surface area contributed by atoms with Crippen LogP contribution in [0.3, 0.4) is 0 Å². The highest BCUT2D eigenvalue weighted by Crippen LogP contribution is 2.09. The van der Waals surface area contributed by atoms with Crippen LogP contribution < -0.4 is 0 Å². The number of aliphatic carboxylic acids is 2. The smallest absolute Gasteiger partial charge is 0.333 e. The lowest BCUT2D eigenvalue weighted by Gasteiger charge is -2.07. The second-order valence-corrected chi connectivity index (χ2v) is 8.23. The van der Waals surface area contributed by atoms with Crippen LogP contribution in [0.1, 0.15) is 41.0 Å². The molecule has 1 atom stereocenters. The van der Waals surface area contributed by atoms with E-state index in [4.69, 9.17) is 24.4 Å². The fraction of sp³-hybridized carbons (Fsp3) is 0.444. The molecule has 1 rings (SSSR count). The van der Waals surface area contributed by atoms with Crippen molar-refractivity contribution in [3.63, 3.8) is 0 Å². The molecule has 1 aliphatic rings. The van der Waals surface area contributed by atoms with E-state index in [-0.39, 0.29) is 41.5 Å². The average molecular weight is 541 g/mol. The largest absolute Gasteiger partial charge is 0.478 e. The van der Waals surface area contributed by atoms with Crippen LogP contribution >= 0.6 is 0 Å². The third kappa shape index (κ3) is 28.2. The van der Waals surface area contributed by atoms with E-state index in [0.717, 1.165) is 6.08 Å². The summed E-state index contributed by atoms with van der Waals surface area (Å²) < 4.78 is 18.8. The summed E-state index contributed by atoms with van der Waals surface area (Å²) in [6, 6.07) is 0. The molecule has 0 spiro atoms. The molecule has 1 aliphatic heterocycles. The van der Waals surface area contributed by atoms with Gasteiger partial charge in [0, 0.05) is 28.4 Å². The summed E-state index contributed by atoms with van der Waals surface area (Å²) in [5, 5.41) is 16.2. The predicted octanol–water partition coefficient (Wildman–Crippen LogP) is 3.66. The van der Waals surface area contributed by atoms with Gasteiger partial charge < -0.3 is 29.2 Å². The van der Waals surface area contributed by atoms with Crippen LogP contribution in [0.15, 0.2) is 60.8 Å². The molecule has 1 unspecified atom stereocenters. The Morgan fingerprint density at radius 1 is 0.895 bits per heavy atom. The second kappa shape index (κ2) is 22.2. The molecule has 0 radical (unpaired) electrons. The van der Waals surface area contributed by atoms with Crippen LogP contribution in [0.2, 0.25) is 0 Å². The Bertz CT molecular complexity index is 879. The number of hydrogen-bond acceptors (Lipinski definition) is 9. The fourth-order valence-corrected chi connectivity index (χ4v) is 1.36. The topological polar surface area (TPSA) is 166 Å². The molecule has 38 heavy (non-hydrogen) atoms. The zero-order valence-electron chi connectivity index (χ0n) is 23.0. The lowest BCUT2D eigenvalue weighted by Crippen LogP contribution is -2.11. The van der Waals surface area contributed by atoms with E-state index in [1.165, 1.54) is 20.1 Å². The number of methoxy groups -OCH3 is 1. The molecule has 0 aromatic heterocycles. The summed E-state index contributed by atoms with van der Waals surface area (Å²) in [5.74, 6) is -2.86. The van der Waals surface area contributed by atoms with Gasteiger partial charge in [0.2, 0.25) is 0 Å². The number of epoxide rings is 1. The predicted molar refractivity (Wildman–Crippen MR) is 141 cm³/mol. The van der Waals surface area contributed by atoms with Crippen molar-refractivity contribution in [2.45, 2.75) is 47.1 Å². The number of carbonyl (C=O) groups excluding carboxylic acids is 3. The SMILES string of the molecule is C=C(C)C(=O)O.C=C(C)C(=O)OC.C=C(C)C(=O)OCC1CO1.C=C(CC=CC(=O)O)C(=O)OCC(C)C. The molecule has 214 valence electrons. The number of carboxylic acid groups (broad SMARTS) is 2. The van der Waals surface area contributed by atoms with Crippen LogP contribution in [-0.4, -0.2) is 73.1 Å². The molecule has 0 aliphatic carbocycles. The van der Waals surface area contributed by atoms with Crippen molar-refractivity contribution >= 4 is 29.8 Å². The number of ether oxygens (including phenoxy) is 4. The van der Waals surface area contributed by atoms with E-state index < -0.39 is 17.9 Å². The molecule has 0 aromatic carbocycles. The zero-order chi connectivity index (χ0) is 30.4. The van der Waals surface area contributed by atoms with Gasteiger partial charge in [-0.2, -0.15) is 0 Å². The molecular formula is C27H40O11. The summed E-state index contributed by atoms with van der Waals surface area (Å²) in [6.45, 7) is 23.4. The highest BCUT2D eigenvalue weighted by molar-refractivity contribution is 5.88. The lowest BCUT2D eigenvalue weighted by molar-refractivity contribution is -0.140. The maximum absolute atomic E-state index is 11.2. The van der Waals surface area contributed by atoms with E-state index in [0.29, 0.717) is 31.0 Å². The van der Waals surface area contributed by atoms with Crippen molar-refractivity contribution < 1.29 is 53.1 Å². The van der Waals surface area contributed by atoms with Crippen molar-refractivity contribution in [2.24, 2.45) is 5.92 Å². The van der Waals surface area contributed by atoms with Gasteiger partial charge in [0.05, 0.1) is 20.3 Å². The molecule has 0 saturated carbocycles. The van der Waals surface area contributed by atoms with Crippen molar-refractivity contribution in [1.29, 1.82) is 0 Å². The quantitative estimate of drug-likeness (QED) is 0.170. The van der Waals surface area contributed by atoms with Crippen LogP contribution in [0.5, 0.6) is 0 Å². The van der Waals surface area contributed by atoms with Crippen molar-refractivity contribution in [2.75, 3.05) is 26.9 Å². The van der Waals surface area contributed by atoms with E-state index in [1.54, 1.807) is 13.8 Å². The van der Waals surface area contributed by atoms with Gasteiger partial charge in [0.25, 0.3) is 0 Å². The minimum Gasteiger partial charge on any atom is -0.478 e. The Morgan fingerprint density at radius 3 is 1.66 bits per heavy atom. The minimum atomic E-state index is -1.04.